The Morgan fingerprint density at radius 3 is 2.75 bits per heavy atom. The zero-order valence-electron chi connectivity index (χ0n) is 11.3. The third-order valence-corrected chi connectivity index (χ3v) is 4.11. The second-order valence-corrected chi connectivity index (χ2v) is 5.49. The molecule has 0 N–H and O–H groups in total. The summed E-state index contributed by atoms with van der Waals surface area (Å²) in [7, 11) is 0. The first-order valence-corrected chi connectivity index (χ1v) is 7.44. The first kappa shape index (κ1) is 13.1. The van der Waals surface area contributed by atoms with Gasteiger partial charge >= 0.3 is 0 Å². The van der Waals surface area contributed by atoms with Crippen molar-refractivity contribution in [3.05, 3.63) is 41.0 Å². The van der Waals surface area contributed by atoms with E-state index in [1.54, 1.807) is 11.6 Å². The predicted molar refractivity (Wildman–Crippen MR) is 79.2 cm³/mol. The van der Waals surface area contributed by atoms with E-state index in [1.165, 1.54) is 17.1 Å². The molecule has 0 aliphatic carbocycles. The summed E-state index contributed by atoms with van der Waals surface area (Å²) in [6.07, 6.45) is 3.46. The Labute approximate surface area is 122 Å². The number of anilines is 1. The monoisotopic (exact) mass is 288 g/mol. The van der Waals surface area contributed by atoms with Crippen LogP contribution in [-0.2, 0) is 0 Å². The van der Waals surface area contributed by atoms with Crippen molar-refractivity contribution >= 4 is 23.3 Å². The van der Waals surface area contributed by atoms with E-state index in [0.29, 0.717) is 5.56 Å². The van der Waals surface area contributed by atoms with Gasteiger partial charge in [0.05, 0.1) is 11.8 Å². The summed E-state index contributed by atoms with van der Waals surface area (Å²) < 4.78 is 3.99. The van der Waals surface area contributed by atoms with Gasteiger partial charge in [0.25, 0.3) is 5.91 Å². The van der Waals surface area contributed by atoms with Gasteiger partial charge in [0, 0.05) is 37.8 Å². The Morgan fingerprint density at radius 2 is 2.10 bits per heavy atom. The largest absolute Gasteiger partial charge is 0.353 e. The van der Waals surface area contributed by atoms with Crippen LogP contribution in [0.4, 0.5) is 5.82 Å². The highest BCUT2D eigenvalue weighted by Crippen LogP contribution is 2.18. The average molecular weight is 288 g/mol. The van der Waals surface area contributed by atoms with E-state index < -0.39 is 0 Å². The zero-order valence-corrected chi connectivity index (χ0v) is 12.1. The van der Waals surface area contributed by atoms with Crippen LogP contribution in [0.15, 0.2) is 29.9 Å². The van der Waals surface area contributed by atoms with Gasteiger partial charge in [-0.1, -0.05) is 6.07 Å². The fraction of sp³-hybridized carbons (Fsp3) is 0.357. The standard InChI is InChI=1S/C14H16N4OS/c1-11-3-2-4-15-13(11)17-5-7-18(8-6-17)14(19)12-9-16-20-10-12/h2-4,9-10H,5-8H2,1H3. The molecular formula is C14H16N4OS. The van der Waals surface area contributed by atoms with Crippen LogP contribution >= 0.6 is 11.5 Å². The summed E-state index contributed by atoms with van der Waals surface area (Å²) in [4.78, 5) is 20.8. The normalized spacial score (nSPS) is 15.4. The molecule has 1 fully saturated rings. The summed E-state index contributed by atoms with van der Waals surface area (Å²) in [6.45, 7) is 5.16. The minimum Gasteiger partial charge on any atom is -0.353 e. The number of aryl methyl sites for hydroxylation is 1. The molecule has 0 saturated carbocycles. The molecule has 1 aliphatic rings. The lowest BCUT2D eigenvalue weighted by Crippen LogP contribution is -2.49. The van der Waals surface area contributed by atoms with Crippen LogP contribution in [0.25, 0.3) is 0 Å². The van der Waals surface area contributed by atoms with E-state index in [2.05, 4.69) is 27.2 Å². The van der Waals surface area contributed by atoms with E-state index in [4.69, 9.17) is 0 Å². The van der Waals surface area contributed by atoms with Crippen molar-refractivity contribution in [2.45, 2.75) is 6.92 Å². The number of carbonyl (C=O) groups is 1. The second kappa shape index (κ2) is 5.58. The Morgan fingerprint density at radius 1 is 1.30 bits per heavy atom. The summed E-state index contributed by atoms with van der Waals surface area (Å²) in [6, 6.07) is 4.01. The topological polar surface area (TPSA) is 49.3 Å². The van der Waals surface area contributed by atoms with Gasteiger partial charge < -0.3 is 9.80 Å². The van der Waals surface area contributed by atoms with E-state index in [-0.39, 0.29) is 5.91 Å². The fourth-order valence-corrected chi connectivity index (χ4v) is 2.93. The summed E-state index contributed by atoms with van der Waals surface area (Å²) in [5, 5.41) is 1.80. The number of aromatic nitrogens is 2. The molecule has 3 rings (SSSR count). The lowest BCUT2D eigenvalue weighted by atomic mass is 10.2. The molecule has 0 spiro atoms. The van der Waals surface area contributed by atoms with Crippen molar-refractivity contribution in [1.82, 2.24) is 14.3 Å². The molecule has 104 valence electrons. The van der Waals surface area contributed by atoms with Crippen LogP contribution < -0.4 is 4.90 Å². The Bertz CT molecular complexity index is 591. The predicted octanol–water partition coefficient (Wildman–Crippen LogP) is 1.81. The van der Waals surface area contributed by atoms with E-state index in [9.17, 15) is 4.79 Å². The number of pyridine rings is 1. The maximum absolute atomic E-state index is 12.2. The first-order valence-electron chi connectivity index (χ1n) is 6.61. The molecule has 0 atom stereocenters. The molecule has 6 heteroatoms. The quantitative estimate of drug-likeness (QED) is 0.845. The van der Waals surface area contributed by atoms with Gasteiger partial charge in [0.15, 0.2) is 0 Å². The Hall–Kier alpha value is -1.95. The van der Waals surface area contributed by atoms with Crippen LogP contribution in [0.3, 0.4) is 0 Å². The van der Waals surface area contributed by atoms with Gasteiger partial charge in [-0.3, -0.25) is 4.79 Å². The number of rotatable bonds is 2. The van der Waals surface area contributed by atoms with Crippen LogP contribution in [0.2, 0.25) is 0 Å². The molecule has 2 aromatic heterocycles. The van der Waals surface area contributed by atoms with Gasteiger partial charge in [-0.2, -0.15) is 0 Å². The lowest BCUT2D eigenvalue weighted by molar-refractivity contribution is 0.0747. The van der Waals surface area contributed by atoms with E-state index in [1.807, 2.05) is 17.2 Å². The molecule has 3 heterocycles. The lowest BCUT2D eigenvalue weighted by Gasteiger charge is -2.35. The van der Waals surface area contributed by atoms with Crippen LogP contribution in [0.1, 0.15) is 15.9 Å². The number of amides is 1. The van der Waals surface area contributed by atoms with Crippen LogP contribution in [0, 0.1) is 6.92 Å². The molecule has 0 unspecified atom stereocenters. The van der Waals surface area contributed by atoms with Gasteiger partial charge in [0.1, 0.15) is 5.82 Å². The fourth-order valence-electron chi connectivity index (χ4n) is 2.42. The summed E-state index contributed by atoms with van der Waals surface area (Å²) in [5.74, 6) is 1.10. The molecule has 1 saturated heterocycles. The number of hydrogen-bond donors (Lipinski definition) is 0. The number of carbonyl (C=O) groups excluding carboxylic acids is 1. The minimum absolute atomic E-state index is 0.0798. The van der Waals surface area contributed by atoms with Crippen molar-refractivity contribution in [3.63, 3.8) is 0 Å². The van der Waals surface area contributed by atoms with Gasteiger partial charge in [-0.15, -0.1) is 0 Å². The molecule has 1 amide bonds. The highest BCUT2D eigenvalue weighted by atomic mass is 32.1. The van der Waals surface area contributed by atoms with Crippen molar-refractivity contribution in [2.75, 3.05) is 31.1 Å². The van der Waals surface area contributed by atoms with E-state index >= 15 is 0 Å². The number of nitrogens with zero attached hydrogens (tertiary/aromatic N) is 4. The Kier molecular flexibility index (Phi) is 3.64. The van der Waals surface area contributed by atoms with Crippen molar-refractivity contribution in [2.24, 2.45) is 0 Å². The van der Waals surface area contributed by atoms with Crippen molar-refractivity contribution in [3.8, 4) is 0 Å². The van der Waals surface area contributed by atoms with Crippen molar-refractivity contribution in [1.29, 1.82) is 0 Å². The molecule has 20 heavy (non-hydrogen) atoms. The summed E-state index contributed by atoms with van der Waals surface area (Å²) >= 11 is 1.31. The SMILES string of the molecule is Cc1cccnc1N1CCN(C(=O)c2cnsc2)CC1. The number of piperazine rings is 1. The minimum atomic E-state index is 0.0798. The average Bonchev–Trinajstić information content (AvgIpc) is 3.01. The molecule has 2 aromatic rings. The number of hydrogen-bond acceptors (Lipinski definition) is 5. The second-order valence-electron chi connectivity index (χ2n) is 4.84. The van der Waals surface area contributed by atoms with Crippen molar-refractivity contribution < 1.29 is 4.79 Å². The van der Waals surface area contributed by atoms with Gasteiger partial charge in [0.2, 0.25) is 0 Å². The highest BCUT2D eigenvalue weighted by molar-refractivity contribution is 7.03. The van der Waals surface area contributed by atoms with Crippen LogP contribution in [0.5, 0.6) is 0 Å². The molecule has 0 radical (unpaired) electrons. The smallest absolute Gasteiger partial charge is 0.256 e. The Balaban J connectivity index is 1.65. The maximum atomic E-state index is 12.2. The molecule has 0 bridgehead atoms. The molecular weight excluding hydrogens is 272 g/mol. The third kappa shape index (κ3) is 2.51. The summed E-state index contributed by atoms with van der Waals surface area (Å²) in [5.41, 5.74) is 1.87. The molecule has 1 aliphatic heterocycles. The molecule has 0 aromatic carbocycles. The molecule has 5 nitrogen and oxygen atoms in total. The zero-order chi connectivity index (χ0) is 13.9. The van der Waals surface area contributed by atoms with Gasteiger partial charge in [-0.25, -0.2) is 9.36 Å². The third-order valence-electron chi connectivity index (χ3n) is 3.53. The maximum Gasteiger partial charge on any atom is 0.256 e. The van der Waals surface area contributed by atoms with Crippen LogP contribution in [-0.4, -0.2) is 46.3 Å². The highest BCUT2D eigenvalue weighted by Gasteiger charge is 2.23. The first-order chi connectivity index (χ1) is 9.75. The van der Waals surface area contributed by atoms with Gasteiger partial charge in [-0.05, 0) is 30.1 Å². The van der Waals surface area contributed by atoms with E-state index in [0.717, 1.165) is 32.0 Å².